The van der Waals surface area contributed by atoms with E-state index < -0.39 is 15.8 Å². The lowest BCUT2D eigenvalue weighted by Gasteiger charge is -2.34. The Balaban J connectivity index is 1.80. The lowest BCUT2D eigenvalue weighted by atomic mass is 10.1. The van der Waals surface area contributed by atoms with Crippen molar-refractivity contribution in [3.05, 3.63) is 64.9 Å². The largest absolute Gasteiger partial charge is 0.379 e. The van der Waals surface area contributed by atoms with E-state index >= 15 is 0 Å². The molecule has 1 fully saturated rings. The first-order chi connectivity index (χ1) is 12.5. The highest BCUT2D eigenvalue weighted by molar-refractivity contribution is 7.89. The molecule has 3 rings (SSSR count). The monoisotopic (exact) mass is 398 g/mol. The average molecular weight is 399 g/mol. The molecule has 0 spiro atoms. The van der Waals surface area contributed by atoms with Crippen LogP contribution >= 0.6 is 11.6 Å². The van der Waals surface area contributed by atoms with Crippen LogP contribution in [0.5, 0.6) is 0 Å². The highest BCUT2D eigenvalue weighted by Crippen LogP contribution is 2.24. The van der Waals surface area contributed by atoms with Crippen LogP contribution in [-0.2, 0) is 14.8 Å². The Morgan fingerprint density at radius 1 is 1.15 bits per heavy atom. The minimum atomic E-state index is -3.86. The number of morpholine rings is 1. The zero-order chi connectivity index (χ0) is 18.6. The quantitative estimate of drug-likeness (QED) is 0.812. The summed E-state index contributed by atoms with van der Waals surface area (Å²) in [5, 5.41) is -0.139. The molecule has 1 atom stereocenters. The molecule has 0 bridgehead atoms. The lowest BCUT2D eigenvalue weighted by molar-refractivity contribution is 0.0172. The molecule has 0 aliphatic carbocycles. The van der Waals surface area contributed by atoms with Crippen LogP contribution in [0.4, 0.5) is 4.39 Å². The lowest BCUT2D eigenvalue weighted by Crippen LogP contribution is -2.43. The van der Waals surface area contributed by atoms with Crippen molar-refractivity contribution in [2.75, 3.05) is 32.8 Å². The SMILES string of the molecule is O=S(=O)(NC[C@@H](c1ccccc1)N1CCOCC1)c1ccc(F)cc1Cl. The second-order valence-corrected chi connectivity index (χ2v) is 8.14. The van der Waals surface area contributed by atoms with Gasteiger partial charge in [0.25, 0.3) is 0 Å². The summed E-state index contributed by atoms with van der Waals surface area (Å²) in [7, 11) is -3.86. The number of nitrogens with one attached hydrogen (secondary N) is 1. The maximum absolute atomic E-state index is 13.2. The Morgan fingerprint density at radius 3 is 2.50 bits per heavy atom. The van der Waals surface area contributed by atoms with Gasteiger partial charge in [-0.05, 0) is 23.8 Å². The first-order valence-electron chi connectivity index (χ1n) is 8.29. The van der Waals surface area contributed by atoms with Gasteiger partial charge in [-0.3, -0.25) is 4.90 Å². The molecule has 8 heteroatoms. The normalized spacial score (nSPS) is 17.2. The van der Waals surface area contributed by atoms with Gasteiger partial charge < -0.3 is 4.74 Å². The molecule has 1 aliphatic heterocycles. The van der Waals surface area contributed by atoms with E-state index in [1.54, 1.807) is 0 Å². The molecule has 26 heavy (non-hydrogen) atoms. The summed E-state index contributed by atoms with van der Waals surface area (Å²) in [4.78, 5) is 2.06. The number of nitrogens with zero attached hydrogens (tertiary/aromatic N) is 1. The Labute approximate surface area is 157 Å². The van der Waals surface area contributed by atoms with Crippen LogP contribution in [0.3, 0.4) is 0 Å². The van der Waals surface area contributed by atoms with Crippen molar-refractivity contribution < 1.29 is 17.5 Å². The Morgan fingerprint density at radius 2 is 1.85 bits per heavy atom. The molecule has 1 heterocycles. The van der Waals surface area contributed by atoms with Crippen LogP contribution in [0.15, 0.2) is 53.4 Å². The zero-order valence-corrected chi connectivity index (χ0v) is 15.6. The van der Waals surface area contributed by atoms with Gasteiger partial charge >= 0.3 is 0 Å². The fourth-order valence-corrected chi connectivity index (χ4v) is 4.55. The smallest absolute Gasteiger partial charge is 0.242 e. The molecule has 2 aromatic carbocycles. The second-order valence-electron chi connectivity index (χ2n) is 6.00. The van der Waals surface area contributed by atoms with E-state index in [9.17, 15) is 12.8 Å². The fraction of sp³-hybridized carbons (Fsp3) is 0.333. The van der Waals surface area contributed by atoms with Crippen molar-refractivity contribution in [1.29, 1.82) is 0 Å². The van der Waals surface area contributed by atoms with Gasteiger partial charge in [0.15, 0.2) is 0 Å². The standard InChI is InChI=1S/C18H20ClFN2O3S/c19-16-12-15(20)6-7-18(16)26(23,24)21-13-17(14-4-2-1-3-5-14)22-8-10-25-11-9-22/h1-7,12,17,21H,8-11,13H2/t17-/m0/s1. The van der Waals surface area contributed by atoms with E-state index in [-0.39, 0.29) is 22.5 Å². The van der Waals surface area contributed by atoms with E-state index in [1.807, 2.05) is 30.3 Å². The van der Waals surface area contributed by atoms with Crippen LogP contribution in [0.2, 0.25) is 5.02 Å². The summed E-state index contributed by atoms with van der Waals surface area (Å²) in [5.74, 6) is -0.579. The molecule has 0 radical (unpaired) electrons. The molecule has 5 nitrogen and oxygen atoms in total. The van der Waals surface area contributed by atoms with Gasteiger partial charge in [-0.25, -0.2) is 17.5 Å². The molecule has 0 amide bonds. The number of rotatable bonds is 6. The van der Waals surface area contributed by atoms with E-state index in [0.29, 0.717) is 13.2 Å². The van der Waals surface area contributed by atoms with E-state index in [0.717, 1.165) is 30.8 Å². The van der Waals surface area contributed by atoms with Gasteiger partial charge in [-0.1, -0.05) is 41.9 Å². The molecule has 140 valence electrons. The third kappa shape index (κ3) is 4.61. The van der Waals surface area contributed by atoms with E-state index in [1.165, 1.54) is 6.07 Å². The van der Waals surface area contributed by atoms with Gasteiger partial charge in [0.2, 0.25) is 10.0 Å². The number of sulfonamides is 1. The summed E-state index contributed by atoms with van der Waals surface area (Å²) >= 11 is 5.91. The first kappa shape index (κ1) is 19.3. The maximum Gasteiger partial charge on any atom is 0.242 e. The number of benzene rings is 2. The van der Waals surface area contributed by atoms with Gasteiger partial charge in [0, 0.05) is 25.7 Å². The van der Waals surface area contributed by atoms with Crippen molar-refractivity contribution in [3.63, 3.8) is 0 Å². The Bertz CT molecular complexity index is 843. The molecule has 2 aromatic rings. The van der Waals surface area contributed by atoms with Crippen molar-refractivity contribution in [1.82, 2.24) is 9.62 Å². The highest BCUT2D eigenvalue weighted by Gasteiger charge is 2.26. The molecular formula is C18H20ClFN2O3S. The van der Waals surface area contributed by atoms with Crippen LogP contribution < -0.4 is 4.72 Å². The second kappa shape index (κ2) is 8.45. The van der Waals surface area contributed by atoms with E-state index in [4.69, 9.17) is 16.3 Å². The molecule has 1 saturated heterocycles. The van der Waals surface area contributed by atoms with Gasteiger partial charge in [0.1, 0.15) is 10.7 Å². The highest BCUT2D eigenvalue weighted by atomic mass is 35.5. The van der Waals surface area contributed by atoms with Crippen LogP contribution in [-0.4, -0.2) is 46.2 Å². The third-order valence-corrected chi connectivity index (χ3v) is 6.23. The predicted octanol–water partition coefficient (Wildman–Crippen LogP) is 2.83. The summed E-state index contributed by atoms with van der Waals surface area (Å²) in [6, 6.07) is 12.8. The number of ether oxygens (including phenoxy) is 1. The fourth-order valence-electron chi connectivity index (χ4n) is 2.98. The molecule has 1 aliphatic rings. The molecule has 0 saturated carbocycles. The predicted molar refractivity (Wildman–Crippen MR) is 98.2 cm³/mol. The topological polar surface area (TPSA) is 58.6 Å². The molecule has 0 aromatic heterocycles. The van der Waals surface area contributed by atoms with Crippen molar-refractivity contribution >= 4 is 21.6 Å². The van der Waals surface area contributed by atoms with Gasteiger partial charge in [-0.2, -0.15) is 0 Å². The number of hydrogen-bond acceptors (Lipinski definition) is 4. The first-order valence-corrected chi connectivity index (χ1v) is 10.1. The average Bonchev–Trinajstić information content (AvgIpc) is 2.63. The third-order valence-electron chi connectivity index (χ3n) is 4.32. The summed E-state index contributed by atoms with van der Waals surface area (Å²) in [5.41, 5.74) is 1.02. The summed E-state index contributed by atoms with van der Waals surface area (Å²) < 4.78 is 46.4. The Kier molecular flexibility index (Phi) is 6.26. The zero-order valence-electron chi connectivity index (χ0n) is 14.1. The van der Waals surface area contributed by atoms with E-state index in [2.05, 4.69) is 9.62 Å². The Hall–Kier alpha value is -1.51. The molecule has 1 N–H and O–H groups in total. The van der Waals surface area contributed by atoms with Gasteiger partial charge in [-0.15, -0.1) is 0 Å². The number of halogens is 2. The summed E-state index contributed by atoms with van der Waals surface area (Å²) in [6.07, 6.45) is 0. The van der Waals surface area contributed by atoms with Gasteiger partial charge in [0.05, 0.1) is 18.2 Å². The minimum absolute atomic E-state index is 0.130. The number of hydrogen-bond donors (Lipinski definition) is 1. The minimum Gasteiger partial charge on any atom is -0.379 e. The summed E-state index contributed by atoms with van der Waals surface area (Å²) in [6.45, 7) is 2.84. The molecular weight excluding hydrogens is 379 g/mol. The van der Waals surface area contributed by atoms with Crippen LogP contribution in [0, 0.1) is 5.82 Å². The van der Waals surface area contributed by atoms with Crippen LogP contribution in [0.25, 0.3) is 0 Å². The van der Waals surface area contributed by atoms with Crippen LogP contribution in [0.1, 0.15) is 11.6 Å². The van der Waals surface area contributed by atoms with Crippen molar-refractivity contribution in [2.45, 2.75) is 10.9 Å². The molecule has 0 unspecified atom stereocenters. The van der Waals surface area contributed by atoms with Crippen molar-refractivity contribution in [2.24, 2.45) is 0 Å². The maximum atomic E-state index is 13.2. The van der Waals surface area contributed by atoms with Crippen molar-refractivity contribution in [3.8, 4) is 0 Å².